The van der Waals surface area contributed by atoms with E-state index < -0.39 is 24.5 Å². The van der Waals surface area contributed by atoms with Gasteiger partial charge in [0, 0.05) is 7.11 Å². The first-order valence-electron chi connectivity index (χ1n) is 6.71. The largest absolute Gasteiger partial charge is 1.00 e. The lowest BCUT2D eigenvalue weighted by Crippen LogP contribution is -3.00. The smallest absolute Gasteiger partial charge is 0.313 e. The van der Waals surface area contributed by atoms with Gasteiger partial charge in [-0.1, -0.05) is 4.98 Å². The van der Waals surface area contributed by atoms with Gasteiger partial charge in [-0.3, -0.25) is 14.3 Å². The summed E-state index contributed by atoms with van der Waals surface area (Å²) in [7, 11) is 3.12. The summed E-state index contributed by atoms with van der Waals surface area (Å²) < 4.78 is 14.1. The average molecular weight is 439 g/mol. The van der Waals surface area contributed by atoms with Gasteiger partial charge in [0.05, 0.1) is 13.7 Å². The molecule has 23 heavy (non-hydrogen) atoms. The first kappa shape index (κ1) is 18.1. The van der Waals surface area contributed by atoms with Crippen molar-refractivity contribution in [1.82, 2.24) is 14.5 Å². The minimum atomic E-state index is -0.998. The van der Waals surface area contributed by atoms with Crippen LogP contribution in [-0.2, 0) is 16.5 Å². The van der Waals surface area contributed by atoms with Gasteiger partial charge in [-0.2, -0.15) is 0 Å². The molecule has 10 nitrogen and oxygen atoms in total. The molecule has 1 saturated heterocycles. The fourth-order valence-corrected chi connectivity index (χ4v) is 2.80. The number of aromatic nitrogens is 4. The van der Waals surface area contributed by atoms with Crippen molar-refractivity contribution in [3.8, 4) is 0 Å². The number of aliphatic hydroxyl groups is 2. The number of halogens is 1. The lowest BCUT2D eigenvalue weighted by Gasteiger charge is -2.16. The van der Waals surface area contributed by atoms with E-state index in [2.05, 4.69) is 9.97 Å². The number of methoxy groups -OCH3 is 1. The molecule has 4 atom stereocenters. The molecule has 128 valence electrons. The Balaban J connectivity index is 0.00000192. The van der Waals surface area contributed by atoms with Crippen LogP contribution in [-0.4, -0.2) is 56.8 Å². The molecular formula is C12H18IN5O5. The van der Waals surface area contributed by atoms with E-state index in [-0.39, 0.29) is 42.1 Å². The molecule has 5 N–H and O–H groups in total. The third kappa shape index (κ3) is 2.82. The highest BCUT2D eigenvalue weighted by Gasteiger charge is 2.47. The van der Waals surface area contributed by atoms with Crippen LogP contribution in [0.25, 0.3) is 11.2 Å². The van der Waals surface area contributed by atoms with Crippen LogP contribution in [0.4, 0.5) is 5.95 Å². The number of H-pyrrole nitrogens is 1. The van der Waals surface area contributed by atoms with Crippen molar-refractivity contribution < 1.29 is 48.2 Å². The quantitative estimate of drug-likeness (QED) is 0.276. The van der Waals surface area contributed by atoms with E-state index in [1.165, 1.54) is 7.11 Å². The predicted molar refractivity (Wildman–Crippen MR) is 73.7 cm³/mol. The second-order valence-electron chi connectivity index (χ2n) is 5.20. The fourth-order valence-electron chi connectivity index (χ4n) is 2.80. The predicted octanol–water partition coefficient (Wildman–Crippen LogP) is -5.60. The Morgan fingerprint density at radius 3 is 2.91 bits per heavy atom. The number of nitrogens with two attached hydrogens (primary N) is 1. The highest BCUT2D eigenvalue weighted by molar-refractivity contribution is 5.67. The van der Waals surface area contributed by atoms with Gasteiger partial charge < -0.3 is 49.4 Å². The van der Waals surface area contributed by atoms with E-state index in [0.29, 0.717) is 11.2 Å². The molecule has 2 aromatic heterocycles. The Hall–Kier alpha value is -1.28. The van der Waals surface area contributed by atoms with Crippen LogP contribution in [0, 0.1) is 0 Å². The minimum Gasteiger partial charge on any atom is -1.00 e. The van der Waals surface area contributed by atoms with Gasteiger partial charge in [0.1, 0.15) is 18.3 Å². The van der Waals surface area contributed by atoms with Crippen LogP contribution < -0.4 is 39.8 Å². The number of aromatic amines is 1. The monoisotopic (exact) mass is 439 g/mol. The lowest BCUT2D eigenvalue weighted by molar-refractivity contribution is -0.746. The van der Waals surface area contributed by atoms with Crippen LogP contribution in [0.5, 0.6) is 0 Å². The number of rotatable bonds is 3. The number of ether oxygens (including phenoxy) is 2. The summed E-state index contributed by atoms with van der Waals surface area (Å²) >= 11 is 0. The molecule has 1 fully saturated rings. The van der Waals surface area contributed by atoms with E-state index in [1.807, 2.05) is 0 Å². The molecule has 11 heteroatoms. The van der Waals surface area contributed by atoms with Crippen molar-refractivity contribution in [3.63, 3.8) is 0 Å². The minimum absolute atomic E-state index is 0. The van der Waals surface area contributed by atoms with E-state index in [4.69, 9.17) is 15.2 Å². The molecule has 3 rings (SSSR count). The summed E-state index contributed by atoms with van der Waals surface area (Å²) in [6.07, 6.45) is -1.63. The van der Waals surface area contributed by atoms with Gasteiger partial charge in [-0.05, 0) is 0 Å². The molecule has 0 aromatic carbocycles. The Bertz CT molecular complexity index is 762. The standard InChI is InChI=1S/C12H17N5O5.HI/c1-16-4-17(9-6(16)10(20)15-12(13)14-9)11-8(21-2)7(19)5(3-18)22-11;/h4-5,7-8,11,18-19H,3H2,1-2H3,(H2-,13,14,15,20);1H. The molecule has 0 radical (unpaired) electrons. The lowest BCUT2D eigenvalue weighted by atomic mass is 10.1. The molecule has 0 aliphatic carbocycles. The summed E-state index contributed by atoms with van der Waals surface area (Å²) in [4.78, 5) is 18.6. The first-order chi connectivity index (χ1) is 10.5. The van der Waals surface area contributed by atoms with Gasteiger partial charge in [0.15, 0.2) is 6.33 Å². The molecule has 0 saturated carbocycles. The number of fused-ring (bicyclic) bond motifs is 1. The van der Waals surface area contributed by atoms with Crippen molar-refractivity contribution >= 4 is 17.1 Å². The molecule has 0 amide bonds. The van der Waals surface area contributed by atoms with Gasteiger partial charge >= 0.3 is 5.65 Å². The maximum Gasteiger partial charge on any atom is 0.313 e. The maximum absolute atomic E-state index is 12.0. The Kier molecular flexibility index (Phi) is 5.25. The van der Waals surface area contributed by atoms with Crippen molar-refractivity contribution in [3.05, 3.63) is 16.7 Å². The summed E-state index contributed by atoms with van der Waals surface area (Å²) in [5.74, 6) is -0.0244. The molecule has 2 aromatic rings. The zero-order chi connectivity index (χ0) is 16.0. The number of nitrogen functional groups attached to an aromatic ring is 1. The van der Waals surface area contributed by atoms with Gasteiger partial charge in [0.25, 0.3) is 11.5 Å². The zero-order valence-electron chi connectivity index (χ0n) is 12.5. The molecule has 0 bridgehead atoms. The van der Waals surface area contributed by atoms with Crippen LogP contribution >= 0.6 is 0 Å². The summed E-state index contributed by atoms with van der Waals surface area (Å²) in [6.45, 7) is -0.348. The van der Waals surface area contributed by atoms with Crippen LogP contribution in [0.3, 0.4) is 0 Å². The van der Waals surface area contributed by atoms with E-state index in [0.717, 1.165) is 0 Å². The summed E-state index contributed by atoms with van der Waals surface area (Å²) in [5, 5.41) is 19.4. The third-order valence-electron chi connectivity index (χ3n) is 3.83. The van der Waals surface area contributed by atoms with Crippen LogP contribution in [0.15, 0.2) is 11.1 Å². The van der Waals surface area contributed by atoms with Gasteiger partial charge in [0.2, 0.25) is 11.7 Å². The Labute approximate surface area is 147 Å². The second kappa shape index (κ2) is 6.68. The highest BCUT2D eigenvalue weighted by atomic mass is 127. The SMILES string of the molecule is COC1C(O)C(CO)OC1[n+]1cn(C)c2c(=O)[nH]c(N)nc21.[I-]. The maximum atomic E-state index is 12.0. The molecule has 3 heterocycles. The van der Waals surface area contributed by atoms with Crippen molar-refractivity contribution in [2.24, 2.45) is 7.05 Å². The highest BCUT2D eigenvalue weighted by Crippen LogP contribution is 2.28. The molecule has 1 aliphatic heterocycles. The molecule has 0 spiro atoms. The second-order valence-corrected chi connectivity index (χ2v) is 5.20. The number of aliphatic hydroxyl groups excluding tert-OH is 2. The van der Waals surface area contributed by atoms with Crippen LogP contribution in [0.2, 0.25) is 0 Å². The number of hydrogen-bond donors (Lipinski definition) is 4. The van der Waals surface area contributed by atoms with Gasteiger partial charge in [-0.15, -0.1) is 0 Å². The Morgan fingerprint density at radius 1 is 1.61 bits per heavy atom. The third-order valence-corrected chi connectivity index (χ3v) is 3.83. The Morgan fingerprint density at radius 2 is 2.30 bits per heavy atom. The first-order valence-corrected chi connectivity index (χ1v) is 6.71. The number of aryl methyl sites for hydroxylation is 1. The number of hydrogen-bond acceptors (Lipinski definition) is 7. The van der Waals surface area contributed by atoms with E-state index in [9.17, 15) is 15.0 Å². The van der Waals surface area contributed by atoms with Gasteiger partial charge in [-0.25, -0.2) is 4.57 Å². The fraction of sp³-hybridized carbons (Fsp3) is 0.583. The molecule has 4 unspecified atom stereocenters. The topological polar surface area (TPSA) is 140 Å². The van der Waals surface area contributed by atoms with Crippen LogP contribution in [0.1, 0.15) is 6.23 Å². The number of imidazole rings is 1. The summed E-state index contributed by atoms with van der Waals surface area (Å²) in [5.41, 5.74) is 5.84. The summed E-state index contributed by atoms with van der Waals surface area (Å²) in [6, 6.07) is 0. The van der Waals surface area contributed by atoms with E-state index in [1.54, 1.807) is 22.5 Å². The number of nitrogens with zero attached hydrogens (tertiary/aromatic N) is 3. The van der Waals surface area contributed by atoms with E-state index >= 15 is 0 Å². The molecular weight excluding hydrogens is 421 g/mol. The van der Waals surface area contributed by atoms with Crippen molar-refractivity contribution in [2.75, 3.05) is 19.5 Å². The normalized spacial score (nSPS) is 27.3. The number of nitrogens with one attached hydrogen (secondary N) is 1. The molecule has 1 aliphatic rings. The number of anilines is 1. The van der Waals surface area contributed by atoms with Crippen molar-refractivity contribution in [2.45, 2.75) is 24.5 Å². The average Bonchev–Trinajstić information content (AvgIpc) is 2.96. The van der Waals surface area contributed by atoms with Crippen molar-refractivity contribution in [1.29, 1.82) is 0 Å². The zero-order valence-corrected chi connectivity index (χ0v) is 14.7.